The molecular weight excluding hydrogens is 240 g/mol. The van der Waals surface area contributed by atoms with Gasteiger partial charge in [0.25, 0.3) is 0 Å². The Morgan fingerprint density at radius 3 is 2.67 bits per heavy atom. The van der Waals surface area contributed by atoms with Gasteiger partial charge >= 0.3 is 12.0 Å². The van der Waals surface area contributed by atoms with Crippen LogP contribution in [-0.4, -0.2) is 75.5 Å². The van der Waals surface area contributed by atoms with Gasteiger partial charge in [0, 0.05) is 26.1 Å². The molecule has 0 spiro atoms. The number of aliphatic hydroxyl groups is 2. The summed E-state index contributed by atoms with van der Waals surface area (Å²) in [6.07, 6.45) is 0.701. The summed E-state index contributed by atoms with van der Waals surface area (Å²) in [4.78, 5) is 25.5. The lowest BCUT2D eigenvalue weighted by atomic mass is 10.2. The Hall–Kier alpha value is -1.60. The minimum absolute atomic E-state index is 0.00509. The van der Waals surface area contributed by atoms with E-state index in [-0.39, 0.29) is 32.7 Å². The first-order valence-corrected chi connectivity index (χ1v) is 5.69. The van der Waals surface area contributed by atoms with E-state index in [0.29, 0.717) is 0 Å². The number of aliphatic hydroxyl groups excluding tert-OH is 2. The van der Waals surface area contributed by atoms with Crippen LogP contribution in [-0.2, 0) is 4.79 Å². The fourth-order valence-electron chi connectivity index (χ4n) is 1.98. The number of carboxylic acid groups (broad SMARTS) is 1. The average molecular weight is 258 g/mol. The number of aliphatic carboxylic acids is 1. The number of carbonyl (C=O) groups excluding carboxylic acids is 1. The zero-order valence-electron chi connectivity index (χ0n) is 10.0. The van der Waals surface area contributed by atoms with Crippen LogP contribution in [0.15, 0.2) is 12.7 Å². The predicted octanol–water partition coefficient (Wildman–Crippen LogP) is -0.893. The van der Waals surface area contributed by atoms with Crippen LogP contribution >= 0.6 is 0 Å². The third-order valence-corrected chi connectivity index (χ3v) is 2.80. The highest BCUT2D eigenvalue weighted by Gasteiger charge is 2.40. The topological polar surface area (TPSA) is 101 Å². The predicted molar refractivity (Wildman–Crippen MR) is 63.0 cm³/mol. The summed E-state index contributed by atoms with van der Waals surface area (Å²) in [6, 6.07) is -1.52. The van der Waals surface area contributed by atoms with Crippen molar-refractivity contribution in [3.63, 3.8) is 0 Å². The molecule has 1 aliphatic heterocycles. The first kappa shape index (κ1) is 14.5. The molecule has 18 heavy (non-hydrogen) atoms. The lowest BCUT2D eigenvalue weighted by molar-refractivity contribution is -0.141. The summed E-state index contributed by atoms with van der Waals surface area (Å²) in [5, 5.41) is 27.3. The summed E-state index contributed by atoms with van der Waals surface area (Å²) in [5.74, 6) is -1.14. The molecule has 2 amide bonds. The van der Waals surface area contributed by atoms with Crippen LogP contribution < -0.4 is 0 Å². The molecule has 0 aliphatic carbocycles. The maximum atomic E-state index is 12.1. The zero-order chi connectivity index (χ0) is 13.7. The molecule has 0 saturated carbocycles. The summed E-state index contributed by atoms with van der Waals surface area (Å²) < 4.78 is 0. The van der Waals surface area contributed by atoms with Crippen molar-refractivity contribution in [2.24, 2.45) is 0 Å². The Morgan fingerprint density at radius 1 is 1.50 bits per heavy atom. The summed E-state index contributed by atoms with van der Waals surface area (Å²) in [5.41, 5.74) is 0. The number of nitrogens with zero attached hydrogens (tertiary/aromatic N) is 2. The van der Waals surface area contributed by atoms with E-state index >= 15 is 0 Å². The molecule has 0 aromatic carbocycles. The van der Waals surface area contributed by atoms with E-state index in [9.17, 15) is 14.7 Å². The molecule has 1 aliphatic rings. The van der Waals surface area contributed by atoms with Gasteiger partial charge in [-0.2, -0.15) is 0 Å². The van der Waals surface area contributed by atoms with Crippen LogP contribution in [0.2, 0.25) is 0 Å². The van der Waals surface area contributed by atoms with Gasteiger partial charge in [-0.1, -0.05) is 6.08 Å². The van der Waals surface area contributed by atoms with Gasteiger partial charge in [-0.25, -0.2) is 9.59 Å². The number of β-amino-alcohol motifs (C(OH)–C–C–N with tert-alkyl or cyclic N) is 1. The van der Waals surface area contributed by atoms with Gasteiger partial charge in [-0.15, -0.1) is 6.58 Å². The highest BCUT2D eigenvalue weighted by molar-refractivity contribution is 5.83. The minimum Gasteiger partial charge on any atom is -0.480 e. The van der Waals surface area contributed by atoms with Gasteiger partial charge < -0.3 is 25.1 Å². The molecule has 102 valence electrons. The zero-order valence-corrected chi connectivity index (χ0v) is 10.0. The van der Waals surface area contributed by atoms with E-state index in [1.165, 1.54) is 11.0 Å². The summed E-state index contributed by atoms with van der Waals surface area (Å²) >= 11 is 0. The van der Waals surface area contributed by atoms with Crippen molar-refractivity contribution < 1.29 is 24.9 Å². The van der Waals surface area contributed by atoms with Gasteiger partial charge in [0.15, 0.2) is 0 Å². The van der Waals surface area contributed by atoms with E-state index in [0.717, 1.165) is 4.90 Å². The van der Waals surface area contributed by atoms with Crippen molar-refractivity contribution in [1.29, 1.82) is 0 Å². The first-order chi connectivity index (χ1) is 8.51. The maximum absolute atomic E-state index is 12.1. The van der Waals surface area contributed by atoms with E-state index in [1.54, 1.807) is 0 Å². The summed E-state index contributed by atoms with van der Waals surface area (Å²) in [7, 11) is 0. The molecule has 0 unspecified atom stereocenters. The number of urea groups is 1. The number of carbonyl (C=O) groups is 2. The van der Waals surface area contributed by atoms with Gasteiger partial charge in [-0.3, -0.25) is 0 Å². The minimum atomic E-state index is -1.14. The Kier molecular flexibility index (Phi) is 5.11. The Bertz CT molecular complexity index is 333. The van der Waals surface area contributed by atoms with E-state index < -0.39 is 24.1 Å². The molecule has 0 radical (unpaired) electrons. The highest BCUT2D eigenvalue weighted by Crippen LogP contribution is 2.19. The number of hydrogen-bond donors (Lipinski definition) is 3. The second-order valence-corrected chi connectivity index (χ2v) is 4.14. The maximum Gasteiger partial charge on any atom is 0.326 e. The van der Waals surface area contributed by atoms with E-state index in [2.05, 4.69) is 6.58 Å². The number of carboxylic acids is 1. The van der Waals surface area contributed by atoms with Gasteiger partial charge in [0.1, 0.15) is 6.04 Å². The van der Waals surface area contributed by atoms with Crippen LogP contribution in [0.4, 0.5) is 4.79 Å². The highest BCUT2D eigenvalue weighted by atomic mass is 16.4. The SMILES string of the molecule is C=CCN(CCO)C(=O)N1C[C@H](O)C[C@@H]1C(=O)O. The molecule has 0 aromatic rings. The fraction of sp³-hybridized carbons (Fsp3) is 0.636. The first-order valence-electron chi connectivity index (χ1n) is 5.69. The molecule has 1 rings (SSSR count). The summed E-state index contributed by atoms with van der Waals surface area (Å²) in [6.45, 7) is 3.60. The second kappa shape index (κ2) is 6.36. The molecule has 1 saturated heterocycles. The Labute approximate surface area is 105 Å². The van der Waals surface area contributed by atoms with Crippen LogP contribution in [0.25, 0.3) is 0 Å². The number of likely N-dealkylation sites (tertiary alicyclic amines) is 1. The van der Waals surface area contributed by atoms with E-state index in [4.69, 9.17) is 10.2 Å². The lowest BCUT2D eigenvalue weighted by Gasteiger charge is -2.29. The van der Waals surface area contributed by atoms with Crippen LogP contribution in [0.5, 0.6) is 0 Å². The average Bonchev–Trinajstić information content (AvgIpc) is 2.70. The lowest BCUT2D eigenvalue weighted by Crippen LogP contribution is -2.49. The molecule has 1 fully saturated rings. The monoisotopic (exact) mass is 258 g/mol. The van der Waals surface area contributed by atoms with Crippen molar-refractivity contribution >= 4 is 12.0 Å². The molecule has 3 N–H and O–H groups in total. The molecular formula is C11H18N2O5. The van der Waals surface area contributed by atoms with Gasteiger partial charge in [0.2, 0.25) is 0 Å². The van der Waals surface area contributed by atoms with Crippen LogP contribution in [0, 0.1) is 0 Å². The van der Waals surface area contributed by atoms with Crippen LogP contribution in [0.3, 0.4) is 0 Å². The van der Waals surface area contributed by atoms with Gasteiger partial charge in [-0.05, 0) is 0 Å². The molecule has 7 nitrogen and oxygen atoms in total. The largest absolute Gasteiger partial charge is 0.480 e. The molecule has 0 bridgehead atoms. The molecule has 1 heterocycles. The standard InChI is InChI=1S/C11H18N2O5/c1-2-3-12(4-5-14)11(18)13-7-8(15)6-9(13)10(16)17/h2,8-9,14-15H,1,3-7H2,(H,16,17)/t8-,9-/m1/s1. The fourth-order valence-corrected chi connectivity index (χ4v) is 1.98. The smallest absolute Gasteiger partial charge is 0.326 e. The van der Waals surface area contributed by atoms with E-state index in [1.807, 2.05) is 0 Å². The molecule has 2 atom stereocenters. The van der Waals surface area contributed by atoms with Crippen molar-refractivity contribution in [3.05, 3.63) is 12.7 Å². The van der Waals surface area contributed by atoms with Gasteiger partial charge in [0.05, 0.1) is 12.7 Å². The Balaban J connectivity index is 2.79. The van der Waals surface area contributed by atoms with Crippen molar-refractivity contribution in [2.45, 2.75) is 18.6 Å². The number of rotatable bonds is 5. The van der Waals surface area contributed by atoms with Crippen molar-refractivity contribution in [3.8, 4) is 0 Å². The number of amides is 2. The third kappa shape index (κ3) is 3.21. The normalized spacial score (nSPS) is 22.9. The third-order valence-electron chi connectivity index (χ3n) is 2.80. The molecule has 7 heteroatoms. The number of hydrogen-bond acceptors (Lipinski definition) is 4. The van der Waals surface area contributed by atoms with Crippen LogP contribution in [0.1, 0.15) is 6.42 Å². The quantitative estimate of drug-likeness (QED) is 0.555. The Morgan fingerprint density at radius 2 is 2.17 bits per heavy atom. The van der Waals surface area contributed by atoms with Crippen molar-refractivity contribution in [2.75, 3.05) is 26.2 Å². The second-order valence-electron chi connectivity index (χ2n) is 4.14. The molecule has 0 aromatic heterocycles. The van der Waals surface area contributed by atoms with Crippen molar-refractivity contribution in [1.82, 2.24) is 9.80 Å².